The summed E-state index contributed by atoms with van der Waals surface area (Å²) in [6, 6.07) is 6.83. The Kier molecular flexibility index (Phi) is 4.45. The predicted octanol–water partition coefficient (Wildman–Crippen LogP) is 1.86. The Bertz CT molecular complexity index is 592. The van der Waals surface area contributed by atoms with Gasteiger partial charge in [0.1, 0.15) is 5.84 Å². The summed E-state index contributed by atoms with van der Waals surface area (Å²) in [4.78, 5) is 0.283. The molecule has 1 aliphatic rings. The molecule has 3 N–H and O–H groups in total. The lowest BCUT2D eigenvalue weighted by molar-refractivity contribution is 0.353. The molecule has 1 fully saturated rings. The van der Waals surface area contributed by atoms with E-state index < -0.39 is 10.0 Å². The molecule has 0 aromatic heterocycles. The van der Waals surface area contributed by atoms with Crippen LogP contribution < -0.4 is 5.73 Å². The molecule has 6 heteroatoms. The summed E-state index contributed by atoms with van der Waals surface area (Å²) in [5.74, 6) is -0.117. The Morgan fingerprint density at radius 2 is 2.05 bits per heavy atom. The quantitative estimate of drug-likeness (QED) is 0.642. The first-order valence-electron chi connectivity index (χ1n) is 6.82. The van der Waals surface area contributed by atoms with Crippen molar-refractivity contribution in [2.45, 2.75) is 43.5 Å². The van der Waals surface area contributed by atoms with E-state index in [4.69, 9.17) is 11.1 Å². The second kappa shape index (κ2) is 5.93. The van der Waals surface area contributed by atoms with E-state index in [0.717, 1.165) is 31.2 Å². The maximum Gasteiger partial charge on any atom is 0.243 e. The summed E-state index contributed by atoms with van der Waals surface area (Å²) >= 11 is 0. The Morgan fingerprint density at radius 3 is 2.60 bits per heavy atom. The van der Waals surface area contributed by atoms with Crippen LogP contribution in [0.15, 0.2) is 29.2 Å². The lowest BCUT2D eigenvalue weighted by atomic mass is 10.2. The summed E-state index contributed by atoms with van der Waals surface area (Å²) in [7, 11) is -3.59. The smallest absolute Gasteiger partial charge is 0.243 e. The maximum absolute atomic E-state index is 12.8. The molecule has 20 heavy (non-hydrogen) atoms. The molecule has 1 aliphatic carbocycles. The highest BCUT2D eigenvalue weighted by atomic mass is 32.2. The molecule has 0 heterocycles. The van der Waals surface area contributed by atoms with Gasteiger partial charge in [-0.1, -0.05) is 25.0 Å². The third kappa shape index (κ3) is 3.19. The number of amidine groups is 1. The van der Waals surface area contributed by atoms with Crippen LogP contribution in [-0.4, -0.2) is 31.1 Å². The first kappa shape index (κ1) is 15.0. The number of rotatable bonds is 5. The van der Waals surface area contributed by atoms with Gasteiger partial charge >= 0.3 is 0 Å². The van der Waals surface area contributed by atoms with Crippen LogP contribution in [0.5, 0.6) is 0 Å². The van der Waals surface area contributed by atoms with Crippen LogP contribution in [0.1, 0.15) is 31.2 Å². The summed E-state index contributed by atoms with van der Waals surface area (Å²) < 4.78 is 27.0. The molecule has 110 valence electrons. The Hall–Kier alpha value is -1.40. The first-order chi connectivity index (χ1) is 9.41. The number of benzene rings is 1. The first-order valence-corrected chi connectivity index (χ1v) is 8.26. The van der Waals surface area contributed by atoms with Gasteiger partial charge in [-0.25, -0.2) is 8.42 Å². The molecule has 0 atom stereocenters. The minimum absolute atomic E-state index is 0.0268. The van der Waals surface area contributed by atoms with Crippen molar-refractivity contribution in [2.75, 3.05) is 6.54 Å². The van der Waals surface area contributed by atoms with Crippen LogP contribution in [-0.2, 0) is 10.0 Å². The summed E-state index contributed by atoms with van der Waals surface area (Å²) in [5.41, 5.74) is 6.35. The summed E-state index contributed by atoms with van der Waals surface area (Å²) in [6.45, 7) is 1.84. The fourth-order valence-electron chi connectivity index (χ4n) is 2.68. The standard InChI is InChI=1S/C14H21N3O2S/c1-11-5-4-8-13(9-11)20(18,19)17(10-14(15)16)12-6-2-3-7-12/h4-5,8-9,12H,2-3,6-7,10H2,1H3,(H3,15,16). The molecule has 1 aromatic rings. The number of hydrogen-bond acceptors (Lipinski definition) is 3. The van der Waals surface area contributed by atoms with E-state index in [1.54, 1.807) is 18.2 Å². The van der Waals surface area contributed by atoms with E-state index >= 15 is 0 Å². The second-order valence-corrected chi connectivity index (χ2v) is 7.22. The summed E-state index contributed by atoms with van der Waals surface area (Å²) in [6.07, 6.45) is 3.75. The van der Waals surface area contributed by atoms with Crippen LogP contribution in [0, 0.1) is 12.3 Å². The topological polar surface area (TPSA) is 87.2 Å². The zero-order valence-corrected chi connectivity index (χ0v) is 12.5. The van der Waals surface area contributed by atoms with Crippen molar-refractivity contribution >= 4 is 15.9 Å². The van der Waals surface area contributed by atoms with Gasteiger partial charge < -0.3 is 5.73 Å². The van der Waals surface area contributed by atoms with Gasteiger partial charge in [0, 0.05) is 6.04 Å². The zero-order chi connectivity index (χ0) is 14.8. The van der Waals surface area contributed by atoms with Crippen molar-refractivity contribution in [3.63, 3.8) is 0 Å². The van der Waals surface area contributed by atoms with E-state index in [1.165, 1.54) is 4.31 Å². The predicted molar refractivity (Wildman–Crippen MR) is 79.2 cm³/mol. The number of nitrogens with one attached hydrogen (secondary N) is 1. The molecule has 0 unspecified atom stereocenters. The SMILES string of the molecule is Cc1cccc(S(=O)(=O)N(CC(=N)N)C2CCCC2)c1. The Labute approximate surface area is 120 Å². The molecule has 0 bridgehead atoms. The molecular formula is C14H21N3O2S. The average Bonchev–Trinajstić information content (AvgIpc) is 2.89. The minimum atomic E-state index is -3.59. The number of sulfonamides is 1. The molecule has 0 amide bonds. The van der Waals surface area contributed by atoms with Gasteiger partial charge in [-0.3, -0.25) is 5.41 Å². The average molecular weight is 295 g/mol. The van der Waals surface area contributed by atoms with Crippen molar-refractivity contribution in [3.05, 3.63) is 29.8 Å². The second-order valence-electron chi connectivity index (χ2n) is 5.33. The highest BCUT2D eigenvalue weighted by Crippen LogP contribution is 2.28. The van der Waals surface area contributed by atoms with Gasteiger partial charge in [0.25, 0.3) is 0 Å². The van der Waals surface area contributed by atoms with E-state index in [2.05, 4.69) is 0 Å². The number of nitrogens with two attached hydrogens (primary N) is 1. The molecule has 0 aliphatic heterocycles. The molecule has 2 rings (SSSR count). The zero-order valence-electron chi connectivity index (χ0n) is 11.7. The Morgan fingerprint density at radius 1 is 1.40 bits per heavy atom. The third-order valence-corrected chi connectivity index (χ3v) is 5.55. The Balaban J connectivity index is 2.37. The highest BCUT2D eigenvalue weighted by Gasteiger charge is 2.33. The maximum atomic E-state index is 12.8. The van der Waals surface area contributed by atoms with Crippen LogP contribution >= 0.6 is 0 Å². The van der Waals surface area contributed by atoms with Gasteiger partial charge in [-0.05, 0) is 37.5 Å². The molecule has 0 spiro atoms. The van der Waals surface area contributed by atoms with Gasteiger partial charge in [0.15, 0.2) is 0 Å². The van der Waals surface area contributed by atoms with E-state index in [0.29, 0.717) is 0 Å². The van der Waals surface area contributed by atoms with Crippen molar-refractivity contribution in [1.82, 2.24) is 4.31 Å². The minimum Gasteiger partial charge on any atom is -0.387 e. The molecule has 0 radical (unpaired) electrons. The van der Waals surface area contributed by atoms with Crippen LogP contribution in [0.3, 0.4) is 0 Å². The van der Waals surface area contributed by atoms with Crippen LogP contribution in [0.2, 0.25) is 0 Å². The summed E-state index contributed by atoms with van der Waals surface area (Å²) in [5, 5.41) is 7.45. The molecule has 1 saturated carbocycles. The largest absolute Gasteiger partial charge is 0.387 e. The van der Waals surface area contributed by atoms with Crippen LogP contribution in [0.25, 0.3) is 0 Å². The molecule has 5 nitrogen and oxygen atoms in total. The number of nitrogens with zero attached hydrogens (tertiary/aromatic N) is 1. The van der Waals surface area contributed by atoms with Gasteiger partial charge in [0.2, 0.25) is 10.0 Å². The van der Waals surface area contributed by atoms with E-state index in [-0.39, 0.29) is 23.3 Å². The molecule has 0 saturated heterocycles. The fraction of sp³-hybridized carbons (Fsp3) is 0.500. The fourth-order valence-corrected chi connectivity index (χ4v) is 4.45. The van der Waals surface area contributed by atoms with Crippen molar-refractivity contribution < 1.29 is 8.42 Å². The normalized spacial score (nSPS) is 16.7. The third-order valence-electron chi connectivity index (χ3n) is 3.65. The van der Waals surface area contributed by atoms with Crippen LogP contribution in [0.4, 0.5) is 0 Å². The van der Waals surface area contributed by atoms with Crippen molar-refractivity contribution in [2.24, 2.45) is 5.73 Å². The number of aryl methyl sites for hydroxylation is 1. The van der Waals surface area contributed by atoms with Crippen molar-refractivity contribution in [1.29, 1.82) is 5.41 Å². The van der Waals surface area contributed by atoms with Crippen molar-refractivity contribution in [3.8, 4) is 0 Å². The van der Waals surface area contributed by atoms with E-state index in [9.17, 15) is 8.42 Å². The van der Waals surface area contributed by atoms with Gasteiger partial charge in [-0.15, -0.1) is 0 Å². The lowest BCUT2D eigenvalue weighted by Gasteiger charge is -2.27. The van der Waals surface area contributed by atoms with E-state index in [1.807, 2.05) is 13.0 Å². The monoisotopic (exact) mass is 295 g/mol. The molecule has 1 aromatic carbocycles. The highest BCUT2D eigenvalue weighted by molar-refractivity contribution is 7.89. The van der Waals surface area contributed by atoms with Gasteiger partial charge in [0.05, 0.1) is 11.4 Å². The number of hydrogen-bond donors (Lipinski definition) is 2. The molecular weight excluding hydrogens is 274 g/mol. The lowest BCUT2D eigenvalue weighted by Crippen LogP contribution is -2.43. The van der Waals surface area contributed by atoms with Gasteiger partial charge in [-0.2, -0.15) is 4.31 Å².